The largest absolute Gasteiger partial charge is 0.444 e. The van der Waals surface area contributed by atoms with E-state index in [0.717, 1.165) is 6.29 Å². The maximum atomic E-state index is 11.8. The number of nitriles is 1. The first-order chi connectivity index (χ1) is 9.76. The topological polar surface area (TPSA) is 79.2 Å². The molecule has 5 nitrogen and oxygen atoms in total. The molecular formula is C15H17ClN2O3. The highest BCUT2D eigenvalue weighted by molar-refractivity contribution is 6.34. The SMILES string of the molecule is CC(C)(C)OC(=O)Nc1cc(C#N)cc(CCC=O)c1Cl. The summed E-state index contributed by atoms with van der Waals surface area (Å²) in [6.45, 7) is 5.24. The highest BCUT2D eigenvalue weighted by Gasteiger charge is 2.18. The van der Waals surface area contributed by atoms with Crippen molar-refractivity contribution in [1.29, 1.82) is 5.26 Å². The molecule has 0 aliphatic rings. The van der Waals surface area contributed by atoms with Crippen LogP contribution in [0.3, 0.4) is 0 Å². The van der Waals surface area contributed by atoms with Crippen molar-refractivity contribution in [2.75, 3.05) is 5.32 Å². The first-order valence-electron chi connectivity index (χ1n) is 6.43. The summed E-state index contributed by atoms with van der Waals surface area (Å²) in [5.41, 5.74) is 0.648. The normalized spacial score (nSPS) is 10.6. The van der Waals surface area contributed by atoms with Gasteiger partial charge in [-0.1, -0.05) is 11.6 Å². The molecule has 0 aromatic heterocycles. The fourth-order valence-electron chi connectivity index (χ4n) is 1.65. The second-order valence-electron chi connectivity index (χ2n) is 5.44. The number of nitrogens with zero attached hydrogens (tertiary/aromatic N) is 1. The number of ether oxygens (including phenoxy) is 1. The Bertz CT molecular complexity index is 586. The van der Waals surface area contributed by atoms with Gasteiger partial charge in [-0.15, -0.1) is 0 Å². The van der Waals surface area contributed by atoms with Crippen molar-refractivity contribution in [1.82, 2.24) is 0 Å². The zero-order valence-electron chi connectivity index (χ0n) is 12.2. The Kier molecular flexibility index (Phi) is 5.74. The van der Waals surface area contributed by atoms with Gasteiger partial charge < -0.3 is 9.53 Å². The predicted octanol–water partition coefficient (Wildman–Crippen LogP) is 3.69. The van der Waals surface area contributed by atoms with Crippen LogP contribution in [0.2, 0.25) is 5.02 Å². The second kappa shape index (κ2) is 7.09. The lowest BCUT2D eigenvalue weighted by molar-refractivity contribution is -0.107. The molecule has 0 aliphatic carbocycles. The van der Waals surface area contributed by atoms with Gasteiger partial charge in [-0.3, -0.25) is 5.32 Å². The van der Waals surface area contributed by atoms with E-state index in [9.17, 15) is 9.59 Å². The van der Waals surface area contributed by atoms with Gasteiger partial charge in [-0.25, -0.2) is 4.79 Å². The molecule has 1 rings (SSSR count). The van der Waals surface area contributed by atoms with Gasteiger partial charge in [0.25, 0.3) is 0 Å². The molecule has 0 saturated carbocycles. The van der Waals surface area contributed by atoms with E-state index in [1.165, 1.54) is 6.07 Å². The van der Waals surface area contributed by atoms with Crippen molar-refractivity contribution in [3.05, 3.63) is 28.3 Å². The Morgan fingerprint density at radius 1 is 1.48 bits per heavy atom. The van der Waals surface area contributed by atoms with Crippen molar-refractivity contribution in [3.63, 3.8) is 0 Å². The number of nitrogens with one attached hydrogen (secondary N) is 1. The molecule has 112 valence electrons. The maximum absolute atomic E-state index is 11.8. The molecule has 1 aromatic carbocycles. The number of halogens is 1. The van der Waals surface area contributed by atoms with E-state index < -0.39 is 11.7 Å². The van der Waals surface area contributed by atoms with Crippen LogP contribution in [0.5, 0.6) is 0 Å². The van der Waals surface area contributed by atoms with Gasteiger partial charge in [0.05, 0.1) is 22.3 Å². The van der Waals surface area contributed by atoms with Crippen LogP contribution in [0, 0.1) is 11.3 Å². The van der Waals surface area contributed by atoms with Gasteiger partial charge >= 0.3 is 6.09 Å². The molecule has 0 saturated heterocycles. The third-order valence-electron chi connectivity index (χ3n) is 2.44. The van der Waals surface area contributed by atoms with Crippen LogP contribution >= 0.6 is 11.6 Å². The molecule has 0 aliphatic heterocycles. The summed E-state index contributed by atoms with van der Waals surface area (Å²) in [7, 11) is 0. The highest BCUT2D eigenvalue weighted by atomic mass is 35.5. The first-order valence-corrected chi connectivity index (χ1v) is 6.81. The summed E-state index contributed by atoms with van der Waals surface area (Å²) in [5.74, 6) is 0. The molecule has 0 spiro atoms. The van der Waals surface area contributed by atoms with Crippen LogP contribution in [-0.2, 0) is 16.0 Å². The molecule has 0 unspecified atom stereocenters. The number of hydrogen-bond donors (Lipinski definition) is 1. The molecular weight excluding hydrogens is 292 g/mol. The average molecular weight is 309 g/mol. The van der Waals surface area contributed by atoms with E-state index >= 15 is 0 Å². The Labute approximate surface area is 128 Å². The van der Waals surface area contributed by atoms with Gasteiger partial charge in [0, 0.05) is 6.42 Å². The molecule has 1 aromatic rings. The number of benzene rings is 1. The van der Waals surface area contributed by atoms with Gasteiger partial charge in [0.2, 0.25) is 0 Å². The number of carbonyl (C=O) groups excluding carboxylic acids is 2. The number of aryl methyl sites for hydroxylation is 1. The molecule has 6 heteroatoms. The maximum Gasteiger partial charge on any atom is 0.412 e. The van der Waals surface area contributed by atoms with Gasteiger partial charge in [0.15, 0.2) is 0 Å². The fourth-order valence-corrected chi connectivity index (χ4v) is 1.90. The van der Waals surface area contributed by atoms with Crippen molar-refractivity contribution in [2.45, 2.75) is 39.2 Å². The second-order valence-corrected chi connectivity index (χ2v) is 5.82. The van der Waals surface area contributed by atoms with Crippen molar-refractivity contribution in [3.8, 4) is 6.07 Å². The van der Waals surface area contributed by atoms with Crippen molar-refractivity contribution in [2.24, 2.45) is 0 Å². The number of carbonyl (C=O) groups is 2. The quantitative estimate of drug-likeness (QED) is 0.860. The van der Waals surface area contributed by atoms with Crippen LogP contribution in [0.15, 0.2) is 12.1 Å². The lowest BCUT2D eigenvalue weighted by atomic mass is 10.1. The molecule has 0 heterocycles. The summed E-state index contributed by atoms with van der Waals surface area (Å²) >= 11 is 6.19. The average Bonchev–Trinajstić information content (AvgIpc) is 2.37. The smallest absolute Gasteiger partial charge is 0.412 e. The molecule has 0 radical (unpaired) electrons. The number of aldehydes is 1. The Hall–Kier alpha value is -2.06. The fraction of sp³-hybridized carbons (Fsp3) is 0.400. The Balaban J connectivity index is 3.03. The van der Waals surface area contributed by atoms with Gasteiger partial charge in [-0.05, 0) is 44.9 Å². The molecule has 0 bridgehead atoms. The van der Waals surface area contributed by atoms with E-state index in [4.69, 9.17) is 21.6 Å². The summed E-state index contributed by atoms with van der Waals surface area (Å²) in [6, 6.07) is 5.07. The lowest BCUT2D eigenvalue weighted by Crippen LogP contribution is -2.27. The molecule has 1 amide bonds. The predicted molar refractivity (Wildman–Crippen MR) is 80.4 cm³/mol. The lowest BCUT2D eigenvalue weighted by Gasteiger charge is -2.20. The zero-order chi connectivity index (χ0) is 16.0. The highest BCUT2D eigenvalue weighted by Crippen LogP contribution is 2.29. The van der Waals surface area contributed by atoms with Gasteiger partial charge in [-0.2, -0.15) is 5.26 Å². The van der Waals surface area contributed by atoms with Crippen LogP contribution < -0.4 is 5.32 Å². The number of amides is 1. The third-order valence-corrected chi connectivity index (χ3v) is 2.89. The van der Waals surface area contributed by atoms with Gasteiger partial charge in [0.1, 0.15) is 11.9 Å². The summed E-state index contributed by atoms with van der Waals surface area (Å²) in [4.78, 5) is 22.2. The van der Waals surface area contributed by atoms with E-state index in [0.29, 0.717) is 34.7 Å². The van der Waals surface area contributed by atoms with Crippen LogP contribution in [0.25, 0.3) is 0 Å². The summed E-state index contributed by atoms with van der Waals surface area (Å²) in [6.07, 6.45) is 0.818. The summed E-state index contributed by atoms with van der Waals surface area (Å²) < 4.78 is 5.14. The van der Waals surface area contributed by atoms with Crippen LogP contribution in [0.1, 0.15) is 38.3 Å². The van der Waals surface area contributed by atoms with E-state index in [1.54, 1.807) is 26.8 Å². The molecule has 0 fully saturated rings. The Morgan fingerprint density at radius 2 is 2.14 bits per heavy atom. The molecule has 0 atom stereocenters. The van der Waals surface area contributed by atoms with E-state index in [-0.39, 0.29) is 0 Å². The molecule has 1 N–H and O–H groups in total. The number of hydrogen-bond acceptors (Lipinski definition) is 4. The minimum absolute atomic E-state index is 0.292. The third kappa shape index (κ3) is 5.44. The number of rotatable bonds is 4. The van der Waals surface area contributed by atoms with Crippen molar-refractivity contribution < 1.29 is 14.3 Å². The van der Waals surface area contributed by atoms with E-state index in [1.807, 2.05) is 6.07 Å². The summed E-state index contributed by atoms with van der Waals surface area (Å²) in [5, 5.41) is 11.8. The van der Waals surface area contributed by atoms with E-state index in [2.05, 4.69) is 5.32 Å². The first kappa shape index (κ1) is 17.0. The van der Waals surface area contributed by atoms with Crippen molar-refractivity contribution >= 4 is 29.7 Å². The minimum Gasteiger partial charge on any atom is -0.444 e. The zero-order valence-corrected chi connectivity index (χ0v) is 13.0. The standard InChI is InChI=1S/C15H17ClN2O3/c1-15(2,3)21-14(20)18-12-8-10(9-17)7-11(13(12)16)5-4-6-19/h6-8H,4-5H2,1-3H3,(H,18,20). The number of anilines is 1. The van der Waals surface area contributed by atoms with Crippen LogP contribution in [0.4, 0.5) is 10.5 Å². The van der Waals surface area contributed by atoms with Crippen LogP contribution in [-0.4, -0.2) is 18.0 Å². The Morgan fingerprint density at radius 3 is 2.67 bits per heavy atom. The monoisotopic (exact) mass is 308 g/mol. The molecule has 21 heavy (non-hydrogen) atoms. The minimum atomic E-state index is -0.652.